The first-order valence-corrected chi connectivity index (χ1v) is 14.3. The van der Waals surface area contributed by atoms with Crippen LogP contribution in [-0.2, 0) is 9.47 Å². The minimum atomic E-state index is -0.450. The highest BCUT2D eigenvalue weighted by molar-refractivity contribution is 5.95. The number of hydrogen-bond donors (Lipinski definition) is 0. The van der Waals surface area contributed by atoms with Crippen molar-refractivity contribution in [2.24, 2.45) is 0 Å². The predicted octanol–water partition coefficient (Wildman–Crippen LogP) is 3.72. The third-order valence-electron chi connectivity index (χ3n) is 8.04. The maximum absolute atomic E-state index is 12.4. The average molecular weight is 535 g/mol. The molecule has 3 saturated heterocycles. The van der Waals surface area contributed by atoms with Gasteiger partial charge in [0.15, 0.2) is 0 Å². The largest absolute Gasteiger partial charge is 0.444 e. The summed E-state index contributed by atoms with van der Waals surface area (Å²) in [6, 6.07) is 10.8. The molecule has 0 saturated carbocycles. The van der Waals surface area contributed by atoms with Crippen LogP contribution in [0, 0.1) is 11.3 Å². The molecule has 1 aromatic carbocycles. The summed E-state index contributed by atoms with van der Waals surface area (Å²) < 4.78 is 11.9. The van der Waals surface area contributed by atoms with Crippen LogP contribution in [0.5, 0.6) is 0 Å². The van der Waals surface area contributed by atoms with E-state index in [2.05, 4.69) is 44.8 Å². The Morgan fingerprint density at radius 3 is 2.54 bits per heavy atom. The number of anilines is 1. The number of aromatic nitrogens is 1. The number of carbonyl (C=O) groups excluding carboxylic acids is 1. The summed E-state index contributed by atoms with van der Waals surface area (Å²) in [4.78, 5) is 26.3. The lowest BCUT2D eigenvalue weighted by Gasteiger charge is -2.44. The molecule has 210 valence electrons. The van der Waals surface area contributed by atoms with Gasteiger partial charge in [0.2, 0.25) is 0 Å². The molecular formula is C30H42N6O3. The smallest absolute Gasteiger partial charge is 0.410 e. The molecule has 1 aromatic heterocycles. The molecule has 3 fully saturated rings. The van der Waals surface area contributed by atoms with Gasteiger partial charge in [0.1, 0.15) is 11.7 Å². The Kier molecular flexibility index (Phi) is 8.27. The summed E-state index contributed by atoms with van der Waals surface area (Å²) in [7, 11) is 0. The van der Waals surface area contributed by atoms with Crippen LogP contribution in [0.1, 0.15) is 46.1 Å². The average Bonchev–Trinajstić information content (AvgIpc) is 2.91. The van der Waals surface area contributed by atoms with Crippen LogP contribution < -0.4 is 4.90 Å². The molecule has 0 aliphatic carbocycles. The van der Waals surface area contributed by atoms with Crippen molar-refractivity contribution >= 4 is 22.7 Å². The fraction of sp³-hybridized carbons (Fsp3) is 0.633. The number of piperidine rings is 1. The minimum Gasteiger partial charge on any atom is -0.444 e. The maximum Gasteiger partial charge on any atom is 0.410 e. The summed E-state index contributed by atoms with van der Waals surface area (Å²) in [5.41, 5.74) is 2.05. The number of amides is 1. The molecule has 3 aliphatic heterocycles. The molecule has 39 heavy (non-hydrogen) atoms. The number of likely N-dealkylation sites (tertiary alicyclic amines) is 1. The zero-order chi connectivity index (χ0) is 27.6. The van der Waals surface area contributed by atoms with E-state index < -0.39 is 5.60 Å². The lowest BCUT2D eigenvalue weighted by molar-refractivity contribution is -0.0411. The maximum atomic E-state index is 12.4. The van der Waals surface area contributed by atoms with Gasteiger partial charge in [-0.1, -0.05) is 0 Å². The standard InChI is InChI=1S/C30H42N6O3/c1-22-19-36(27-8-7-23(18-31)28-26(27)6-5-11-32-28)21-25(38-22)20-33-14-16-34(17-15-33)24-9-12-35(13-10-24)29(37)39-30(2,3)4/h5-8,11,22,24-25H,9-10,12-17,19-21H2,1-4H3/t22-,25+/m1/s1. The normalized spacial score (nSPS) is 24.1. The highest BCUT2D eigenvalue weighted by atomic mass is 16.6. The van der Waals surface area contributed by atoms with Crippen molar-refractivity contribution in [3.63, 3.8) is 0 Å². The highest BCUT2D eigenvalue weighted by Crippen LogP contribution is 2.30. The molecule has 0 N–H and O–H groups in total. The topological polar surface area (TPSA) is 85.2 Å². The molecule has 2 aromatic rings. The fourth-order valence-corrected chi connectivity index (χ4v) is 6.21. The number of benzene rings is 1. The van der Waals surface area contributed by atoms with Crippen LogP contribution in [-0.4, -0.2) is 109 Å². The van der Waals surface area contributed by atoms with Crippen LogP contribution >= 0.6 is 0 Å². The van der Waals surface area contributed by atoms with Crippen molar-refractivity contribution in [1.29, 1.82) is 5.26 Å². The molecule has 0 bridgehead atoms. The van der Waals surface area contributed by atoms with Crippen molar-refractivity contribution < 1.29 is 14.3 Å². The molecule has 2 atom stereocenters. The lowest BCUT2D eigenvalue weighted by Crippen LogP contribution is -2.57. The van der Waals surface area contributed by atoms with Crippen LogP contribution in [0.3, 0.4) is 0 Å². The second-order valence-electron chi connectivity index (χ2n) is 12.2. The van der Waals surface area contributed by atoms with E-state index in [1.54, 1.807) is 6.20 Å². The Labute approximate surface area is 232 Å². The van der Waals surface area contributed by atoms with Crippen LogP contribution in [0.2, 0.25) is 0 Å². The molecular weight excluding hydrogens is 492 g/mol. The summed E-state index contributed by atoms with van der Waals surface area (Å²) in [6.45, 7) is 16.2. The van der Waals surface area contributed by atoms with E-state index in [1.807, 2.05) is 37.8 Å². The second kappa shape index (κ2) is 11.7. The van der Waals surface area contributed by atoms with Crippen LogP contribution in [0.15, 0.2) is 30.5 Å². The van der Waals surface area contributed by atoms with Gasteiger partial charge in [0, 0.05) is 82.2 Å². The Morgan fingerprint density at radius 2 is 1.85 bits per heavy atom. The van der Waals surface area contributed by atoms with E-state index in [0.29, 0.717) is 11.6 Å². The third-order valence-corrected chi connectivity index (χ3v) is 8.04. The van der Waals surface area contributed by atoms with Crippen LogP contribution in [0.4, 0.5) is 10.5 Å². The number of nitrogens with zero attached hydrogens (tertiary/aromatic N) is 6. The fourth-order valence-electron chi connectivity index (χ4n) is 6.21. The van der Waals surface area contributed by atoms with E-state index in [9.17, 15) is 10.1 Å². The first kappa shape index (κ1) is 27.6. The third kappa shape index (κ3) is 6.63. The minimum absolute atomic E-state index is 0.125. The summed E-state index contributed by atoms with van der Waals surface area (Å²) in [5.74, 6) is 0. The van der Waals surface area contributed by atoms with Gasteiger partial charge in [-0.25, -0.2) is 4.79 Å². The highest BCUT2D eigenvalue weighted by Gasteiger charge is 2.33. The summed E-state index contributed by atoms with van der Waals surface area (Å²) in [5, 5.41) is 10.5. The molecule has 9 heteroatoms. The number of ether oxygens (including phenoxy) is 2. The van der Waals surface area contributed by atoms with Gasteiger partial charge in [-0.15, -0.1) is 0 Å². The Morgan fingerprint density at radius 1 is 1.10 bits per heavy atom. The molecule has 9 nitrogen and oxygen atoms in total. The molecule has 0 radical (unpaired) electrons. The second-order valence-corrected chi connectivity index (χ2v) is 12.2. The number of piperazine rings is 1. The monoisotopic (exact) mass is 534 g/mol. The van der Waals surface area contributed by atoms with Gasteiger partial charge in [-0.05, 0) is 64.8 Å². The molecule has 0 spiro atoms. The first-order valence-electron chi connectivity index (χ1n) is 14.3. The van der Waals surface area contributed by atoms with Crippen molar-refractivity contribution in [3.8, 4) is 6.07 Å². The number of pyridine rings is 1. The van der Waals surface area contributed by atoms with Gasteiger partial charge in [0.05, 0.1) is 23.3 Å². The number of fused-ring (bicyclic) bond motifs is 1. The zero-order valence-electron chi connectivity index (χ0n) is 23.8. The number of nitriles is 1. The predicted molar refractivity (Wildman–Crippen MR) is 152 cm³/mol. The van der Waals surface area contributed by atoms with Gasteiger partial charge in [-0.2, -0.15) is 5.26 Å². The quantitative estimate of drug-likeness (QED) is 0.587. The first-order chi connectivity index (χ1) is 18.7. The molecule has 1 amide bonds. The molecule has 5 rings (SSSR count). The number of carbonyl (C=O) groups is 1. The van der Waals surface area contributed by atoms with Gasteiger partial charge in [-0.3, -0.25) is 14.8 Å². The van der Waals surface area contributed by atoms with E-state index in [0.717, 1.165) is 88.3 Å². The Bertz CT molecular complexity index is 1190. The number of morpholine rings is 1. The zero-order valence-corrected chi connectivity index (χ0v) is 23.8. The van der Waals surface area contributed by atoms with E-state index >= 15 is 0 Å². The van der Waals surface area contributed by atoms with E-state index in [1.165, 1.54) is 0 Å². The summed E-state index contributed by atoms with van der Waals surface area (Å²) in [6.07, 6.45) is 3.83. The SMILES string of the molecule is C[C@@H]1CN(c2ccc(C#N)c3ncccc23)C[C@H](CN2CCN(C3CCN(C(=O)OC(C)(C)C)CC3)CC2)O1. The molecule has 3 aliphatic rings. The number of rotatable bonds is 4. The van der Waals surface area contributed by atoms with Gasteiger partial charge in [0.25, 0.3) is 0 Å². The van der Waals surface area contributed by atoms with Crippen LogP contribution in [0.25, 0.3) is 10.9 Å². The Balaban J connectivity index is 1.13. The summed E-state index contributed by atoms with van der Waals surface area (Å²) >= 11 is 0. The van der Waals surface area contributed by atoms with Crippen molar-refractivity contribution in [1.82, 2.24) is 19.7 Å². The number of hydrogen-bond acceptors (Lipinski definition) is 8. The van der Waals surface area contributed by atoms with Gasteiger partial charge < -0.3 is 19.3 Å². The molecule has 4 heterocycles. The van der Waals surface area contributed by atoms with Crippen molar-refractivity contribution in [3.05, 3.63) is 36.0 Å². The molecule has 0 unspecified atom stereocenters. The van der Waals surface area contributed by atoms with Crippen molar-refractivity contribution in [2.45, 2.75) is 64.4 Å². The van der Waals surface area contributed by atoms with E-state index in [4.69, 9.17) is 9.47 Å². The van der Waals surface area contributed by atoms with Crippen molar-refractivity contribution in [2.75, 3.05) is 63.8 Å². The lowest BCUT2D eigenvalue weighted by atomic mass is 10.0. The van der Waals surface area contributed by atoms with Gasteiger partial charge >= 0.3 is 6.09 Å². The van der Waals surface area contributed by atoms with E-state index in [-0.39, 0.29) is 18.3 Å². The Hall–Kier alpha value is -2.93.